The van der Waals surface area contributed by atoms with E-state index in [0.717, 1.165) is 0 Å². The Morgan fingerprint density at radius 1 is 1.80 bits per heavy atom. The van der Waals surface area contributed by atoms with Gasteiger partial charge in [0, 0.05) is 4.99 Å². The Kier molecular flexibility index (Phi) is 2.99. The molecule has 0 spiro atoms. The second-order valence-corrected chi connectivity index (χ2v) is 1.65. The molecule has 0 aromatic carbocycles. The van der Waals surface area contributed by atoms with Crippen molar-refractivity contribution in [3.05, 3.63) is 9.65 Å². The van der Waals surface area contributed by atoms with E-state index >= 15 is 0 Å². The quantitative estimate of drug-likeness (QED) is 0.534. The van der Waals surface area contributed by atoms with E-state index in [1.807, 2.05) is 0 Å². The molecular weight excluding hydrogens is 200 g/mol. The average Bonchev–Trinajstić information content (AvgIpc) is 1.38. The Balaban J connectivity index is 3.14. The summed E-state index contributed by atoms with van der Waals surface area (Å²) in [6.07, 6.45) is 0. The second kappa shape index (κ2) is 2.72. The zero-order chi connectivity index (χ0) is 4.28. The van der Waals surface area contributed by atoms with Crippen LogP contribution in [-0.4, -0.2) is 0 Å². The molecule has 5 heavy (non-hydrogen) atoms. The van der Waals surface area contributed by atoms with Crippen molar-refractivity contribution in [3.63, 3.8) is 0 Å². The van der Waals surface area contributed by atoms with Gasteiger partial charge in [-0.2, -0.15) is 0 Å². The molecule has 0 rings (SSSR count). The molecule has 0 aliphatic carbocycles. The van der Waals surface area contributed by atoms with Crippen LogP contribution in [0.2, 0.25) is 0 Å². The zero-order valence-electron chi connectivity index (χ0n) is 2.24. The Hall–Kier alpha value is 0.500. The molecule has 0 amide bonds. The molecular formula is C2HBr2O. The third-order valence-corrected chi connectivity index (χ3v) is 1.34. The van der Waals surface area contributed by atoms with Crippen molar-refractivity contribution in [1.82, 2.24) is 0 Å². The van der Waals surface area contributed by atoms with E-state index in [4.69, 9.17) is 0 Å². The normalized spacial score (nSPS) is 12.0. The maximum atomic E-state index is 9.63. The van der Waals surface area contributed by atoms with Gasteiger partial charge in [0.1, 0.15) is 0 Å². The summed E-state index contributed by atoms with van der Waals surface area (Å²) in [7, 11) is 0. The molecule has 0 heterocycles. The van der Waals surface area contributed by atoms with Crippen molar-refractivity contribution in [3.8, 4) is 0 Å². The Labute approximate surface area is 46.9 Å². The summed E-state index contributed by atoms with van der Waals surface area (Å²) in [6, 6.07) is 0. The van der Waals surface area contributed by atoms with Gasteiger partial charge >= 0.3 is 0 Å². The van der Waals surface area contributed by atoms with E-state index in [0.29, 0.717) is 0 Å². The Bertz CT molecular complexity index is 45.6. The number of halogens is 2. The molecule has 0 bridgehead atoms. The van der Waals surface area contributed by atoms with Crippen molar-refractivity contribution in [2.75, 3.05) is 0 Å². The molecule has 29 valence electrons. The van der Waals surface area contributed by atoms with Crippen LogP contribution in [0.1, 0.15) is 0 Å². The van der Waals surface area contributed by atoms with Crippen molar-refractivity contribution in [2.45, 2.75) is 0 Å². The molecule has 0 saturated carbocycles. The zero-order valence-corrected chi connectivity index (χ0v) is 5.41. The van der Waals surface area contributed by atoms with Gasteiger partial charge in [-0.3, -0.25) is 5.11 Å². The molecule has 0 atom stereocenters. The number of hydrogen-bond acceptors (Lipinski definition) is 0. The van der Waals surface area contributed by atoms with Crippen LogP contribution in [0, 0.1) is 0 Å². The van der Waals surface area contributed by atoms with Crippen LogP contribution in [0.15, 0.2) is 9.65 Å². The van der Waals surface area contributed by atoms with E-state index in [1.54, 1.807) is 0 Å². The Morgan fingerprint density at radius 2 is 2.00 bits per heavy atom. The molecule has 0 fully saturated rings. The van der Waals surface area contributed by atoms with Crippen LogP contribution in [-0.2, 0) is 5.11 Å². The van der Waals surface area contributed by atoms with Crippen LogP contribution >= 0.6 is 31.9 Å². The SMILES string of the molecule is [O]/C(Br)=C/Br. The van der Waals surface area contributed by atoms with Gasteiger partial charge in [0.05, 0.1) is 0 Å². The van der Waals surface area contributed by atoms with Crippen LogP contribution in [0.5, 0.6) is 0 Å². The summed E-state index contributed by atoms with van der Waals surface area (Å²) in [6.45, 7) is 0. The molecule has 1 nitrogen and oxygen atoms in total. The molecule has 0 aromatic heterocycles. The first kappa shape index (κ1) is 5.50. The van der Waals surface area contributed by atoms with Crippen molar-refractivity contribution >= 4 is 31.9 Å². The summed E-state index contributed by atoms with van der Waals surface area (Å²) < 4.78 is -0.141. The highest BCUT2D eigenvalue weighted by Gasteiger charge is 1.74. The van der Waals surface area contributed by atoms with Crippen molar-refractivity contribution in [2.24, 2.45) is 0 Å². The predicted octanol–water partition coefficient (Wildman–Crippen LogP) is 2.01. The molecule has 1 radical (unpaired) electrons. The maximum absolute atomic E-state index is 9.63. The highest BCUT2D eigenvalue weighted by atomic mass is 79.9. The van der Waals surface area contributed by atoms with Crippen LogP contribution in [0.3, 0.4) is 0 Å². The first-order chi connectivity index (χ1) is 2.27. The lowest BCUT2D eigenvalue weighted by molar-refractivity contribution is 0.341. The molecule has 3 heteroatoms. The minimum absolute atomic E-state index is 0.141. The van der Waals surface area contributed by atoms with Gasteiger partial charge in [-0.25, -0.2) is 0 Å². The first-order valence-corrected chi connectivity index (χ1v) is 2.61. The molecule has 0 unspecified atom stereocenters. The lowest BCUT2D eigenvalue weighted by Crippen LogP contribution is -1.45. The van der Waals surface area contributed by atoms with Gasteiger partial charge in [0.2, 0.25) is 4.67 Å². The average molecular weight is 201 g/mol. The van der Waals surface area contributed by atoms with Crippen molar-refractivity contribution in [1.29, 1.82) is 0 Å². The summed E-state index contributed by atoms with van der Waals surface area (Å²) in [5.41, 5.74) is 0. The third-order valence-electron chi connectivity index (χ3n) is 0.0858. The van der Waals surface area contributed by atoms with Gasteiger partial charge < -0.3 is 0 Å². The van der Waals surface area contributed by atoms with Crippen LogP contribution < -0.4 is 0 Å². The lowest BCUT2D eigenvalue weighted by atomic mass is 11.2. The van der Waals surface area contributed by atoms with E-state index < -0.39 is 0 Å². The minimum atomic E-state index is -0.141. The second-order valence-electron chi connectivity index (χ2n) is 0.413. The maximum Gasteiger partial charge on any atom is 0.227 e. The van der Waals surface area contributed by atoms with E-state index in [2.05, 4.69) is 31.9 Å². The third kappa shape index (κ3) is 4.50. The highest BCUT2D eigenvalue weighted by Crippen LogP contribution is 2.00. The molecule has 0 aliphatic heterocycles. The first-order valence-electron chi connectivity index (χ1n) is 0.900. The van der Waals surface area contributed by atoms with Gasteiger partial charge in [-0.05, 0) is 15.9 Å². The summed E-state index contributed by atoms with van der Waals surface area (Å²) >= 11 is 5.42. The number of hydrogen-bond donors (Lipinski definition) is 0. The largest absolute Gasteiger partial charge is 0.281 e. The summed E-state index contributed by atoms with van der Waals surface area (Å²) in [5, 5.41) is 9.63. The molecule has 0 aliphatic rings. The van der Waals surface area contributed by atoms with Gasteiger partial charge in [-0.1, -0.05) is 15.9 Å². The van der Waals surface area contributed by atoms with E-state index in [1.165, 1.54) is 4.99 Å². The smallest absolute Gasteiger partial charge is 0.227 e. The van der Waals surface area contributed by atoms with E-state index in [-0.39, 0.29) is 4.67 Å². The Morgan fingerprint density at radius 3 is 2.00 bits per heavy atom. The lowest BCUT2D eigenvalue weighted by Gasteiger charge is -1.62. The summed E-state index contributed by atoms with van der Waals surface area (Å²) in [4.78, 5) is 1.26. The van der Waals surface area contributed by atoms with Crippen LogP contribution in [0.4, 0.5) is 0 Å². The van der Waals surface area contributed by atoms with Gasteiger partial charge in [0.25, 0.3) is 0 Å². The molecule has 0 N–H and O–H groups in total. The predicted molar refractivity (Wildman–Crippen MR) is 26.6 cm³/mol. The minimum Gasteiger partial charge on any atom is -0.281 e. The standard InChI is InChI=1S/C2HBr2O/c3-1-2(4)5/h1H/b2-1+. The van der Waals surface area contributed by atoms with Crippen molar-refractivity contribution < 1.29 is 5.11 Å². The fraction of sp³-hybridized carbons (Fsp3) is 0. The highest BCUT2D eigenvalue weighted by molar-refractivity contribution is 9.13. The van der Waals surface area contributed by atoms with E-state index in [9.17, 15) is 5.11 Å². The van der Waals surface area contributed by atoms with Crippen LogP contribution in [0.25, 0.3) is 0 Å². The summed E-state index contributed by atoms with van der Waals surface area (Å²) in [5.74, 6) is 0. The molecule has 0 aromatic rings. The topological polar surface area (TPSA) is 19.9 Å². The van der Waals surface area contributed by atoms with Gasteiger partial charge in [0.15, 0.2) is 0 Å². The fourth-order valence-corrected chi connectivity index (χ4v) is 0. The van der Waals surface area contributed by atoms with Gasteiger partial charge in [-0.15, -0.1) is 0 Å². The fourth-order valence-electron chi connectivity index (χ4n) is 0. The number of rotatable bonds is 0. The molecule has 0 saturated heterocycles. The monoisotopic (exact) mass is 199 g/mol.